The van der Waals surface area contributed by atoms with Crippen molar-refractivity contribution < 1.29 is 29.3 Å². The number of carbonyl (C=O) groups excluding carboxylic acids is 3. The highest BCUT2D eigenvalue weighted by molar-refractivity contribution is 9.10. The average molecular weight is 525 g/mol. The summed E-state index contributed by atoms with van der Waals surface area (Å²) in [6.45, 7) is 0.215. The number of rotatable bonds is 7. The first-order chi connectivity index (χ1) is 16.3. The molecule has 0 fully saturated rings. The van der Waals surface area contributed by atoms with Gasteiger partial charge in [-0.05, 0) is 64.0 Å². The summed E-state index contributed by atoms with van der Waals surface area (Å²) in [7, 11) is 1.17. The number of phenolic OH excluding ortho intramolecular Hbond substituents is 2. The molecule has 0 heterocycles. The lowest BCUT2D eigenvalue weighted by molar-refractivity contribution is -0.136. The number of nitrogens with one attached hydrogen (secondary N) is 2. The molecule has 174 valence electrons. The summed E-state index contributed by atoms with van der Waals surface area (Å²) >= 11 is 3.29. The van der Waals surface area contributed by atoms with Gasteiger partial charge in [0.1, 0.15) is 17.2 Å². The van der Waals surface area contributed by atoms with Crippen LogP contribution in [0.2, 0.25) is 0 Å². The number of esters is 1. The van der Waals surface area contributed by atoms with E-state index in [4.69, 9.17) is 4.74 Å². The quantitative estimate of drug-likeness (QED) is 0.275. The number of halogens is 1. The number of phenols is 2. The zero-order valence-electron chi connectivity index (χ0n) is 18.0. The van der Waals surface area contributed by atoms with Crippen molar-refractivity contribution in [1.29, 1.82) is 0 Å². The largest absolute Gasteiger partial charge is 0.508 e. The molecule has 0 aliphatic rings. The third-order valence-electron chi connectivity index (χ3n) is 4.73. The van der Waals surface area contributed by atoms with Gasteiger partial charge in [-0.25, -0.2) is 4.79 Å². The van der Waals surface area contributed by atoms with Crippen LogP contribution in [-0.2, 0) is 16.1 Å². The number of benzene rings is 3. The molecule has 0 radical (unpaired) electrons. The predicted octanol–water partition coefficient (Wildman–Crippen LogP) is 3.73. The Morgan fingerprint density at radius 3 is 2.41 bits per heavy atom. The van der Waals surface area contributed by atoms with Crippen molar-refractivity contribution in [3.8, 4) is 11.5 Å². The minimum Gasteiger partial charge on any atom is -0.508 e. The maximum atomic E-state index is 12.8. The van der Waals surface area contributed by atoms with Crippen molar-refractivity contribution in [1.82, 2.24) is 10.6 Å². The SMILES string of the molecule is COC(=O)/C(=C\c1ccccc1O)NC(=O)c1ccc(C(=O)NCc2cccc(O)c2)cc1Br. The lowest BCUT2D eigenvalue weighted by Crippen LogP contribution is -2.28. The van der Waals surface area contributed by atoms with Crippen molar-refractivity contribution in [3.05, 3.63) is 99.2 Å². The third kappa shape index (κ3) is 6.23. The Morgan fingerprint density at radius 2 is 1.74 bits per heavy atom. The molecule has 3 rings (SSSR count). The molecule has 0 atom stereocenters. The van der Waals surface area contributed by atoms with Gasteiger partial charge in [-0.3, -0.25) is 9.59 Å². The van der Waals surface area contributed by atoms with Crippen LogP contribution in [0.15, 0.2) is 76.9 Å². The van der Waals surface area contributed by atoms with Gasteiger partial charge in [0.25, 0.3) is 11.8 Å². The van der Waals surface area contributed by atoms with E-state index in [0.717, 1.165) is 5.56 Å². The molecule has 0 aliphatic carbocycles. The van der Waals surface area contributed by atoms with Gasteiger partial charge in [0, 0.05) is 22.1 Å². The highest BCUT2D eigenvalue weighted by atomic mass is 79.9. The molecule has 3 aromatic rings. The van der Waals surface area contributed by atoms with E-state index in [1.807, 2.05) is 0 Å². The van der Waals surface area contributed by atoms with E-state index in [-0.39, 0.29) is 35.2 Å². The second-order valence-electron chi connectivity index (χ2n) is 7.11. The standard InChI is InChI=1S/C25H21BrN2O6/c1-34-25(33)21(13-16-6-2-3-8-22(16)30)28-24(32)19-10-9-17(12-20(19)26)23(31)27-14-15-5-4-7-18(29)11-15/h2-13,29-30H,14H2,1H3,(H,27,31)(H,28,32)/b21-13+. The minimum atomic E-state index is -0.796. The van der Waals surface area contributed by atoms with E-state index in [1.165, 1.54) is 43.5 Å². The van der Waals surface area contributed by atoms with Crippen LogP contribution in [0, 0.1) is 0 Å². The highest BCUT2D eigenvalue weighted by Crippen LogP contribution is 2.21. The summed E-state index contributed by atoms with van der Waals surface area (Å²) in [4.78, 5) is 37.5. The van der Waals surface area contributed by atoms with Crippen LogP contribution < -0.4 is 10.6 Å². The molecular weight excluding hydrogens is 504 g/mol. The number of ether oxygens (including phenoxy) is 1. The summed E-state index contributed by atoms with van der Waals surface area (Å²) in [5, 5.41) is 24.7. The van der Waals surface area contributed by atoms with E-state index in [1.54, 1.807) is 36.4 Å². The number of hydrogen-bond acceptors (Lipinski definition) is 6. The summed E-state index contributed by atoms with van der Waals surface area (Å²) in [5.41, 5.74) is 1.36. The Bertz CT molecular complexity index is 1270. The van der Waals surface area contributed by atoms with E-state index in [9.17, 15) is 24.6 Å². The first-order valence-electron chi connectivity index (χ1n) is 10.0. The molecule has 0 saturated carbocycles. The maximum absolute atomic E-state index is 12.8. The number of carbonyl (C=O) groups is 3. The Labute approximate surface area is 204 Å². The van der Waals surface area contributed by atoms with Crippen molar-refractivity contribution >= 4 is 39.8 Å². The number of amides is 2. The Balaban J connectivity index is 1.74. The Morgan fingerprint density at radius 1 is 0.971 bits per heavy atom. The molecule has 0 saturated heterocycles. The molecule has 0 spiro atoms. The topological polar surface area (TPSA) is 125 Å². The molecule has 0 aromatic heterocycles. The van der Waals surface area contributed by atoms with E-state index in [0.29, 0.717) is 15.6 Å². The predicted molar refractivity (Wildman–Crippen MR) is 129 cm³/mol. The van der Waals surface area contributed by atoms with Gasteiger partial charge in [-0.2, -0.15) is 0 Å². The van der Waals surface area contributed by atoms with Crippen molar-refractivity contribution in [2.45, 2.75) is 6.54 Å². The van der Waals surface area contributed by atoms with E-state index < -0.39 is 11.9 Å². The van der Waals surface area contributed by atoms with Gasteiger partial charge >= 0.3 is 5.97 Å². The molecular formula is C25H21BrN2O6. The van der Waals surface area contributed by atoms with E-state index in [2.05, 4.69) is 26.6 Å². The molecule has 8 nitrogen and oxygen atoms in total. The van der Waals surface area contributed by atoms with Gasteiger partial charge < -0.3 is 25.6 Å². The first-order valence-corrected chi connectivity index (χ1v) is 10.8. The van der Waals surface area contributed by atoms with Crippen molar-refractivity contribution in [2.75, 3.05) is 7.11 Å². The number of hydrogen-bond donors (Lipinski definition) is 4. The molecule has 34 heavy (non-hydrogen) atoms. The Kier molecular flexibility index (Phi) is 8.05. The smallest absolute Gasteiger partial charge is 0.354 e. The molecule has 0 unspecified atom stereocenters. The highest BCUT2D eigenvalue weighted by Gasteiger charge is 2.18. The van der Waals surface area contributed by atoms with Gasteiger partial charge in [-0.1, -0.05) is 30.3 Å². The fourth-order valence-corrected chi connectivity index (χ4v) is 3.56. The molecule has 3 aromatic carbocycles. The minimum absolute atomic E-state index is 0.0691. The van der Waals surface area contributed by atoms with Gasteiger partial charge in [-0.15, -0.1) is 0 Å². The number of para-hydroxylation sites is 1. The van der Waals surface area contributed by atoms with Crippen LogP contribution in [0.3, 0.4) is 0 Å². The fraction of sp³-hybridized carbons (Fsp3) is 0.0800. The van der Waals surface area contributed by atoms with Crippen LogP contribution in [0.1, 0.15) is 31.8 Å². The van der Waals surface area contributed by atoms with Crippen molar-refractivity contribution in [3.63, 3.8) is 0 Å². The summed E-state index contributed by atoms with van der Waals surface area (Å²) in [6, 6.07) is 17.2. The van der Waals surface area contributed by atoms with Crippen LogP contribution in [0.5, 0.6) is 11.5 Å². The van der Waals surface area contributed by atoms with E-state index >= 15 is 0 Å². The monoisotopic (exact) mass is 524 g/mol. The van der Waals surface area contributed by atoms with Crippen LogP contribution >= 0.6 is 15.9 Å². The van der Waals surface area contributed by atoms with Crippen LogP contribution in [-0.4, -0.2) is 35.1 Å². The molecule has 2 amide bonds. The lowest BCUT2D eigenvalue weighted by Gasteiger charge is -2.11. The summed E-state index contributed by atoms with van der Waals surface area (Å²) < 4.78 is 5.06. The molecule has 9 heteroatoms. The second kappa shape index (κ2) is 11.2. The summed E-state index contributed by atoms with van der Waals surface area (Å²) in [6.07, 6.45) is 1.30. The van der Waals surface area contributed by atoms with Gasteiger partial charge in [0.15, 0.2) is 0 Å². The second-order valence-corrected chi connectivity index (χ2v) is 7.96. The Hall–Kier alpha value is -4.11. The van der Waals surface area contributed by atoms with Gasteiger partial charge in [0.05, 0.1) is 12.7 Å². The number of methoxy groups -OCH3 is 1. The number of aromatic hydroxyl groups is 2. The summed E-state index contributed by atoms with van der Waals surface area (Å²) in [5.74, 6) is -1.75. The maximum Gasteiger partial charge on any atom is 0.354 e. The zero-order valence-corrected chi connectivity index (χ0v) is 19.6. The van der Waals surface area contributed by atoms with Gasteiger partial charge in [0.2, 0.25) is 0 Å². The molecule has 0 bridgehead atoms. The normalized spacial score (nSPS) is 10.9. The van der Waals surface area contributed by atoms with Crippen LogP contribution in [0.4, 0.5) is 0 Å². The third-order valence-corrected chi connectivity index (χ3v) is 5.39. The van der Waals surface area contributed by atoms with Crippen molar-refractivity contribution in [2.24, 2.45) is 0 Å². The fourth-order valence-electron chi connectivity index (χ4n) is 3.00. The lowest BCUT2D eigenvalue weighted by atomic mass is 10.1. The average Bonchev–Trinajstić information content (AvgIpc) is 2.82. The first kappa shape index (κ1) is 24.5. The molecule has 0 aliphatic heterocycles. The van der Waals surface area contributed by atoms with Crippen LogP contribution in [0.25, 0.3) is 6.08 Å². The zero-order chi connectivity index (χ0) is 24.7. The molecule has 4 N–H and O–H groups in total.